The molecule has 0 unspecified atom stereocenters. The first-order chi connectivity index (χ1) is 3.06. The van der Waals surface area contributed by atoms with Crippen molar-refractivity contribution in [1.82, 2.24) is 0 Å². The minimum atomic E-state index is -3.93. The maximum atomic E-state index is 11.1. The van der Waals surface area contributed by atoms with Crippen LogP contribution in [0.1, 0.15) is 0 Å². The molecule has 0 aliphatic carbocycles. The Morgan fingerprint density at radius 3 is 1.86 bits per heavy atom. The van der Waals surface area contributed by atoms with Gasteiger partial charge < -0.3 is 0 Å². The number of rotatable bonds is 1. The molecule has 0 atom stereocenters. The molecule has 4 heteroatoms. The van der Waals surface area contributed by atoms with Crippen LogP contribution in [0.2, 0.25) is 4.44 Å². The summed E-state index contributed by atoms with van der Waals surface area (Å²) in [5, 5.41) is 0. The fourth-order valence-corrected chi connectivity index (χ4v) is 1.10. The van der Waals surface area contributed by atoms with Crippen LogP contribution < -0.4 is 0 Å². The van der Waals surface area contributed by atoms with E-state index in [1.54, 1.807) is 0 Å². The molecule has 0 bridgehead atoms. The van der Waals surface area contributed by atoms with Crippen molar-refractivity contribution in [3.05, 3.63) is 0 Å². The fraction of sp³-hybridized carbons (Fsp3) is 0.667. The maximum absolute atomic E-state index is 11.1. The Bertz CT molecular complexity index is 65.1. The molecule has 42 valence electrons. The van der Waals surface area contributed by atoms with Crippen molar-refractivity contribution in [2.24, 2.45) is 0 Å². The molecular weight excluding hydrogens is 212 g/mol. The fourth-order valence-electron chi connectivity index (χ4n) is 0.164. The average molecular weight is 217 g/mol. The molecule has 0 aromatic carbocycles. The van der Waals surface area contributed by atoms with E-state index in [1.165, 1.54) is 0 Å². The van der Waals surface area contributed by atoms with Crippen LogP contribution in [0.25, 0.3) is 0 Å². The van der Waals surface area contributed by atoms with Crippen molar-refractivity contribution < 1.29 is 13.2 Å². The van der Waals surface area contributed by atoms with E-state index in [0.717, 1.165) is 0 Å². The molecule has 0 nitrogen and oxygen atoms in total. The van der Waals surface area contributed by atoms with Crippen molar-refractivity contribution in [2.75, 3.05) is 0 Å². The van der Waals surface area contributed by atoms with Gasteiger partial charge in [0.25, 0.3) is 0 Å². The van der Waals surface area contributed by atoms with Gasteiger partial charge in [-0.25, -0.2) is 0 Å². The van der Waals surface area contributed by atoms with E-state index in [2.05, 4.69) is 4.52 Å². The zero-order valence-corrected chi connectivity index (χ0v) is 6.92. The summed E-state index contributed by atoms with van der Waals surface area (Å²) in [6.07, 6.45) is -3.93. The van der Waals surface area contributed by atoms with E-state index in [1.807, 2.05) is 0 Å². The molecule has 0 radical (unpaired) electrons. The van der Waals surface area contributed by atoms with Crippen molar-refractivity contribution >= 4 is 25.2 Å². The van der Waals surface area contributed by atoms with Gasteiger partial charge in [0, 0.05) is 0 Å². The first kappa shape index (κ1) is 7.46. The molecule has 0 aliphatic rings. The monoisotopic (exact) mass is 218 g/mol. The third kappa shape index (κ3) is 6.46. The molecule has 0 aromatic heterocycles. The van der Waals surface area contributed by atoms with E-state index < -0.39 is 31.3 Å². The van der Waals surface area contributed by atoms with Gasteiger partial charge in [0.1, 0.15) is 0 Å². The Labute approximate surface area is 49.4 Å². The molecule has 0 aromatic rings. The van der Waals surface area contributed by atoms with Gasteiger partial charge in [-0.2, -0.15) is 0 Å². The Morgan fingerprint density at radius 2 is 1.86 bits per heavy atom. The van der Waals surface area contributed by atoms with Crippen LogP contribution in [-0.2, 0) is 0 Å². The Hall–Kier alpha value is 0.459. The number of hydrogen-bond donors (Lipinski definition) is 0. The van der Waals surface area contributed by atoms with Gasteiger partial charge >= 0.3 is 49.0 Å². The number of halogens is 3. The van der Waals surface area contributed by atoms with E-state index in [4.69, 9.17) is 0 Å². The van der Waals surface area contributed by atoms with Gasteiger partial charge in [-0.15, -0.1) is 0 Å². The van der Waals surface area contributed by atoms with Crippen molar-refractivity contribution in [2.45, 2.75) is 10.6 Å². The molecule has 0 rings (SSSR count). The second-order valence-corrected chi connectivity index (χ2v) is 3.92. The second-order valence-electron chi connectivity index (χ2n) is 1.11. The summed E-state index contributed by atoms with van der Waals surface area (Å²) in [6, 6.07) is 0. The quantitative estimate of drug-likeness (QED) is 0.570. The molecule has 0 amide bonds. The van der Waals surface area contributed by atoms with E-state index in [9.17, 15) is 13.2 Å². The van der Waals surface area contributed by atoms with Crippen LogP contribution >= 0.6 is 0 Å². The third-order valence-electron chi connectivity index (χ3n) is 0.376. The molecule has 0 saturated heterocycles. The summed E-state index contributed by atoms with van der Waals surface area (Å²) < 4.78 is 35.9. The van der Waals surface area contributed by atoms with Crippen LogP contribution in [0, 0.1) is 0 Å². The van der Waals surface area contributed by atoms with Gasteiger partial charge in [-0.05, 0) is 0 Å². The van der Waals surface area contributed by atoms with Crippen molar-refractivity contribution in [1.29, 1.82) is 0 Å². The Morgan fingerprint density at radius 1 is 1.43 bits per heavy atom. The predicted molar refractivity (Wildman–Crippen MR) is 25.1 cm³/mol. The first-order valence-corrected chi connectivity index (χ1v) is 6.40. The second kappa shape index (κ2) is 2.69. The van der Waals surface area contributed by atoms with Crippen molar-refractivity contribution in [3.8, 4) is 0 Å². The van der Waals surface area contributed by atoms with Gasteiger partial charge in [-0.1, -0.05) is 0 Å². The SMILES string of the molecule is [CH2]=[SnH][CH2]C(F)(F)F. The van der Waals surface area contributed by atoms with Crippen LogP contribution in [0.4, 0.5) is 13.2 Å². The molecule has 0 saturated carbocycles. The molecule has 0 fully saturated rings. The Kier molecular flexibility index (Phi) is 2.87. The van der Waals surface area contributed by atoms with Gasteiger partial charge in [0.2, 0.25) is 0 Å². The Balaban J connectivity index is 3.34. The zero-order valence-electron chi connectivity index (χ0n) is 3.63. The summed E-state index contributed by atoms with van der Waals surface area (Å²) in [5.41, 5.74) is 0. The minimum absolute atomic E-state index is 0.581. The molecule has 0 N–H and O–H groups in total. The first-order valence-electron chi connectivity index (χ1n) is 1.74. The molecule has 0 heterocycles. The van der Waals surface area contributed by atoms with Gasteiger partial charge in [-0.3, -0.25) is 0 Å². The molecule has 7 heavy (non-hydrogen) atoms. The van der Waals surface area contributed by atoms with Crippen LogP contribution in [-0.4, -0.2) is 31.4 Å². The van der Waals surface area contributed by atoms with Crippen LogP contribution in [0.3, 0.4) is 0 Å². The average Bonchev–Trinajstić information content (AvgIpc) is 1.30. The van der Waals surface area contributed by atoms with Crippen molar-refractivity contribution in [3.63, 3.8) is 0 Å². The zero-order chi connectivity index (χ0) is 5.91. The van der Waals surface area contributed by atoms with Crippen LogP contribution in [0.5, 0.6) is 0 Å². The normalized spacial score (nSPS) is 11.3. The summed E-state index contributed by atoms with van der Waals surface area (Å²) in [4.78, 5) is 0. The van der Waals surface area contributed by atoms with E-state index in [-0.39, 0.29) is 0 Å². The molecule has 0 spiro atoms. The van der Waals surface area contributed by atoms with E-state index in [0.29, 0.717) is 0 Å². The summed E-state index contributed by atoms with van der Waals surface area (Å²) in [6.45, 7) is 0. The summed E-state index contributed by atoms with van der Waals surface area (Å²) >= 11 is -1.43. The third-order valence-corrected chi connectivity index (χ3v) is 2.52. The standard InChI is InChI=1S/C2H2F3.CH2.Sn.H/c1-2(3,4)5;;;/h1H2;1H2;;. The summed E-state index contributed by atoms with van der Waals surface area (Å²) in [5.74, 6) is 0. The van der Waals surface area contributed by atoms with Gasteiger partial charge in [0.15, 0.2) is 0 Å². The van der Waals surface area contributed by atoms with E-state index >= 15 is 0 Å². The molecular formula is C3H5F3Sn. The van der Waals surface area contributed by atoms with Gasteiger partial charge in [0.05, 0.1) is 0 Å². The topological polar surface area (TPSA) is 0 Å². The summed E-state index contributed by atoms with van der Waals surface area (Å²) in [7, 11) is 0. The number of alkyl halides is 3. The molecule has 0 aliphatic heterocycles. The van der Waals surface area contributed by atoms with Crippen LogP contribution in [0.15, 0.2) is 0 Å². The number of hydrogen-bond acceptors (Lipinski definition) is 0. The predicted octanol–water partition coefficient (Wildman–Crippen LogP) is 0.836.